The van der Waals surface area contributed by atoms with Gasteiger partial charge < -0.3 is 4.98 Å². The van der Waals surface area contributed by atoms with E-state index < -0.39 is 15.8 Å². The SMILES string of the molecule is N#Cc1ccc(NS(=O)(=O)c2c[nH]c3c2CCCC3)c(F)c1. The van der Waals surface area contributed by atoms with E-state index >= 15 is 0 Å². The highest BCUT2D eigenvalue weighted by atomic mass is 32.2. The number of nitrogens with one attached hydrogen (secondary N) is 2. The van der Waals surface area contributed by atoms with Crippen molar-refractivity contribution in [2.75, 3.05) is 4.72 Å². The number of nitrogens with zero attached hydrogens (tertiary/aromatic N) is 1. The summed E-state index contributed by atoms with van der Waals surface area (Å²) in [6.45, 7) is 0. The zero-order chi connectivity index (χ0) is 15.7. The summed E-state index contributed by atoms with van der Waals surface area (Å²) >= 11 is 0. The minimum atomic E-state index is -3.86. The lowest BCUT2D eigenvalue weighted by molar-refractivity contribution is 0.595. The van der Waals surface area contributed by atoms with Crippen molar-refractivity contribution in [1.82, 2.24) is 4.98 Å². The fraction of sp³-hybridized carbons (Fsp3) is 0.267. The molecule has 2 N–H and O–H groups in total. The van der Waals surface area contributed by atoms with E-state index in [4.69, 9.17) is 5.26 Å². The van der Waals surface area contributed by atoms with Gasteiger partial charge >= 0.3 is 0 Å². The Labute approximate surface area is 127 Å². The Morgan fingerprint density at radius 2 is 2.05 bits per heavy atom. The molecule has 1 heterocycles. The number of benzene rings is 1. The maximum absolute atomic E-state index is 13.9. The van der Waals surface area contributed by atoms with Crippen molar-refractivity contribution in [3.05, 3.63) is 47.0 Å². The van der Waals surface area contributed by atoms with Crippen LogP contribution in [0.5, 0.6) is 0 Å². The first-order valence-corrected chi connectivity index (χ1v) is 8.41. The van der Waals surface area contributed by atoms with Crippen LogP contribution in [0, 0.1) is 17.1 Å². The van der Waals surface area contributed by atoms with E-state index in [1.54, 1.807) is 6.07 Å². The fourth-order valence-electron chi connectivity index (χ4n) is 2.68. The molecule has 114 valence electrons. The Balaban J connectivity index is 1.95. The smallest absolute Gasteiger partial charge is 0.263 e. The highest BCUT2D eigenvalue weighted by Crippen LogP contribution is 2.29. The average molecular weight is 319 g/mol. The van der Waals surface area contributed by atoms with Crippen LogP contribution >= 0.6 is 0 Å². The van der Waals surface area contributed by atoms with Crippen molar-refractivity contribution in [2.45, 2.75) is 30.6 Å². The zero-order valence-electron chi connectivity index (χ0n) is 11.7. The van der Waals surface area contributed by atoms with Crippen LogP contribution in [0.15, 0.2) is 29.3 Å². The van der Waals surface area contributed by atoms with Crippen LogP contribution in [0.25, 0.3) is 0 Å². The number of aromatic amines is 1. The molecule has 1 aromatic heterocycles. The van der Waals surface area contributed by atoms with Gasteiger partial charge in [0.05, 0.1) is 17.3 Å². The van der Waals surface area contributed by atoms with Gasteiger partial charge in [0.2, 0.25) is 0 Å². The van der Waals surface area contributed by atoms with Crippen LogP contribution in [0.4, 0.5) is 10.1 Å². The molecule has 0 radical (unpaired) electrons. The van der Waals surface area contributed by atoms with Crippen molar-refractivity contribution in [3.63, 3.8) is 0 Å². The molecular weight excluding hydrogens is 305 g/mol. The molecule has 1 aromatic carbocycles. The van der Waals surface area contributed by atoms with Gasteiger partial charge in [-0.25, -0.2) is 12.8 Å². The topological polar surface area (TPSA) is 85.8 Å². The monoisotopic (exact) mass is 319 g/mol. The first-order chi connectivity index (χ1) is 10.5. The second-order valence-electron chi connectivity index (χ2n) is 5.23. The Kier molecular flexibility index (Phi) is 3.62. The molecule has 0 bridgehead atoms. The number of rotatable bonds is 3. The quantitative estimate of drug-likeness (QED) is 0.912. The number of sulfonamides is 1. The van der Waals surface area contributed by atoms with Crippen molar-refractivity contribution >= 4 is 15.7 Å². The summed E-state index contributed by atoms with van der Waals surface area (Å²) in [4.78, 5) is 3.17. The number of H-pyrrole nitrogens is 1. The van der Waals surface area contributed by atoms with Crippen LogP contribution in [0.1, 0.15) is 29.7 Å². The fourth-order valence-corrected chi connectivity index (χ4v) is 4.01. The third-order valence-electron chi connectivity index (χ3n) is 3.77. The molecule has 0 saturated heterocycles. The molecule has 0 fully saturated rings. The summed E-state index contributed by atoms with van der Waals surface area (Å²) in [6.07, 6.45) is 4.96. The summed E-state index contributed by atoms with van der Waals surface area (Å²) < 4.78 is 41.1. The molecule has 0 atom stereocenters. The number of fused-ring (bicyclic) bond motifs is 1. The van der Waals surface area contributed by atoms with E-state index in [9.17, 15) is 12.8 Å². The molecule has 5 nitrogen and oxygen atoms in total. The number of aromatic nitrogens is 1. The molecule has 1 aliphatic carbocycles. The molecule has 0 aliphatic heterocycles. The zero-order valence-corrected chi connectivity index (χ0v) is 12.5. The lowest BCUT2D eigenvalue weighted by atomic mass is 9.98. The van der Waals surface area contributed by atoms with Crippen molar-refractivity contribution < 1.29 is 12.8 Å². The predicted molar refractivity (Wildman–Crippen MR) is 79.4 cm³/mol. The summed E-state index contributed by atoms with van der Waals surface area (Å²) in [5.41, 5.74) is 1.70. The molecule has 3 rings (SSSR count). The summed E-state index contributed by atoms with van der Waals surface area (Å²) in [5.74, 6) is -0.771. The molecule has 22 heavy (non-hydrogen) atoms. The van der Waals surface area contributed by atoms with E-state index in [1.807, 2.05) is 0 Å². The van der Waals surface area contributed by atoms with Gasteiger partial charge in [-0.3, -0.25) is 4.72 Å². The second kappa shape index (κ2) is 5.46. The molecule has 0 amide bonds. The predicted octanol–water partition coefficient (Wildman–Crippen LogP) is 2.71. The van der Waals surface area contributed by atoms with Gasteiger partial charge in [-0.05, 0) is 49.4 Å². The first kappa shape index (κ1) is 14.6. The van der Waals surface area contributed by atoms with E-state index in [0.717, 1.165) is 36.6 Å². The molecular formula is C15H14FN3O2S. The van der Waals surface area contributed by atoms with Gasteiger partial charge in [0.25, 0.3) is 10.0 Å². The van der Waals surface area contributed by atoms with Crippen LogP contribution in [0.2, 0.25) is 0 Å². The van der Waals surface area contributed by atoms with E-state index in [0.29, 0.717) is 6.42 Å². The van der Waals surface area contributed by atoms with Gasteiger partial charge in [-0.1, -0.05) is 0 Å². The normalized spacial score (nSPS) is 14.2. The van der Waals surface area contributed by atoms with Crippen LogP contribution in [0.3, 0.4) is 0 Å². The third kappa shape index (κ3) is 2.57. The molecule has 0 spiro atoms. The van der Waals surface area contributed by atoms with Crippen molar-refractivity contribution in [1.29, 1.82) is 5.26 Å². The minimum Gasteiger partial charge on any atom is -0.363 e. The van der Waals surface area contributed by atoms with Gasteiger partial charge in [-0.2, -0.15) is 5.26 Å². The van der Waals surface area contributed by atoms with Gasteiger partial charge in [-0.15, -0.1) is 0 Å². The summed E-state index contributed by atoms with van der Waals surface area (Å²) in [7, 11) is -3.86. The number of hydrogen-bond acceptors (Lipinski definition) is 3. The van der Waals surface area contributed by atoms with Gasteiger partial charge in [0.15, 0.2) is 0 Å². The lowest BCUT2D eigenvalue weighted by Crippen LogP contribution is -2.16. The Morgan fingerprint density at radius 1 is 1.27 bits per heavy atom. The van der Waals surface area contributed by atoms with E-state index in [2.05, 4.69) is 9.71 Å². The molecule has 0 saturated carbocycles. The Bertz CT molecular complexity index is 865. The third-order valence-corrected chi connectivity index (χ3v) is 5.21. The first-order valence-electron chi connectivity index (χ1n) is 6.93. The van der Waals surface area contributed by atoms with E-state index in [1.165, 1.54) is 18.3 Å². The highest BCUT2D eigenvalue weighted by molar-refractivity contribution is 7.92. The van der Waals surface area contributed by atoms with Gasteiger partial charge in [0.1, 0.15) is 10.7 Å². The molecule has 2 aromatic rings. The van der Waals surface area contributed by atoms with E-state index in [-0.39, 0.29) is 16.1 Å². The van der Waals surface area contributed by atoms with Crippen molar-refractivity contribution in [3.8, 4) is 6.07 Å². The number of hydrogen-bond donors (Lipinski definition) is 2. The average Bonchev–Trinajstić information content (AvgIpc) is 2.94. The van der Waals surface area contributed by atoms with Gasteiger partial charge in [0, 0.05) is 11.9 Å². The Hall–Kier alpha value is -2.33. The minimum absolute atomic E-state index is 0.138. The number of halogens is 1. The number of aryl methyl sites for hydroxylation is 1. The number of anilines is 1. The van der Waals surface area contributed by atoms with Crippen molar-refractivity contribution in [2.24, 2.45) is 0 Å². The standard InChI is InChI=1S/C15H14FN3O2S/c16-12-7-10(8-17)5-6-14(12)19-22(20,21)15-9-18-13-4-2-1-3-11(13)15/h5-7,9,18-19H,1-4H2. The maximum Gasteiger partial charge on any atom is 0.263 e. The second-order valence-corrected chi connectivity index (χ2v) is 6.88. The maximum atomic E-state index is 13.9. The largest absolute Gasteiger partial charge is 0.363 e. The summed E-state index contributed by atoms with van der Waals surface area (Å²) in [5, 5.41) is 8.71. The number of nitriles is 1. The summed E-state index contributed by atoms with van der Waals surface area (Å²) in [6, 6.07) is 5.43. The Morgan fingerprint density at radius 3 is 2.77 bits per heavy atom. The molecule has 7 heteroatoms. The van der Waals surface area contributed by atoms with Crippen LogP contribution in [-0.2, 0) is 22.9 Å². The molecule has 1 aliphatic rings. The van der Waals surface area contributed by atoms with Crippen LogP contribution in [-0.4, -0.2) is 13.4 Å². The van der Waals surface area contributed by atoms with Crippen LogP contribution < -0.4 is 4.72 Å². The lowest BCUT2D eigenvalue weighted by Gasteiger charge is -2.14. The molecule has 0 unspecified atom stereocenters. The highest BCUT2D eigenvalue weighted by Gasteiger charge is 2.25.